The molecule has 0 bridgehead atoms. The lowest BCUT2D eigenvalue weighted by molar-refractivity contribution is 0.0908. The van der Waals surface area contributed by atoms with Crippen LogP contribution in [-0.2, 0) is 0 Å². The Morgan fingerprint density at radius 1 is 1.42 bits per heavy atom. The highest BCUT2D eigenvalue weighted by molar-refractivity contribution is 9.10. The van der Waals surface area contributed by atoms with Gasteiger partial charge in [0, 0.05) is 10.5 Å². The molecule has 19 heavy (non-hydrogen) atoms. The normalized spacial score (nSPS) is 23.1. The van der Waals surface area contributed by atoms with Crippen LogP contribution in [0.15, 0.2) is 22.7 Å². The molecule has 1 aromatic carbocycles. The number of carbonyl (C=O) groups excluding carboxylic acids is 1. The predicted molar refractivity (Wildman–Crippen MR) is 81.4 cm³/mol. The predicted octanol–water partition coefficient (Wildman–Crippen LogP) is 3.35. The Morgan fingerprint density at radius 3 is 2.89 bits per heavy atom. The first kappa shape index (κ1) is 14.8. The topological polar surface area (TPSA) is 55.1 Å². The van der Waals surface area contributed by atoms with E-state index >= 15 is 0 Å². The van der Waals surface area contributed by atoms with Crippen molar-refractivity contribution in [3.63, 3.8) is 0 Å². The minimum absolute atomic E-state index is 0.114. The van der Waals surface area contributed by atoms with Gasteiger partial charge in [-0.05, 0) is 43.5 Å². The van der Waals surface area contributed by atoms with Crippen molar-refractivity contribution in [1.29, 1.82) is 0 Å². The smallest absolute Gasteiger partial charge is 0.253 e. The average Bonchev–Trinajstić information content (AvgIpc) is 2.42. The van der Waals surface area contributed by atoms with E-state index < -0.39 is 0 Å². The summed E-state index contributed by atoms with van der Waals surface area (Å²) in [4.78, 5) is 12.3. The van der Waals surface area contributed by atoms with E-state index in [0.717, 1.165) is 23.7 Å². The number of nitrogens with one attached hydrogen (secondary N) is 1. The SMILES string of the molecule is NCC1CCCCC1NC(=O)c1cc(Br)ccc1Cl. The summed E-state index contributed by atoms with van der Waals surface area (Å²) in [6.45, 7) is 0.622. The van der Waals surface area contributed by atoms with Gasteiger partial charge in [0.2, 0.25) is 0 Å². The summed E-state index contributed by atoms with van der Waals surface area (Å²) in [6.07, 6.45) is 4.44. The van der Waals surface area contributed by atoms with Crippen molar-refractivity contribution in [2.24, 2.45) is 11.7 Å². The molecular formula is C14H18BrClN2O. The fourth-order valence-electron chi connectivity index (χ4n) is 2.60. The van der Waals surface area contributed by atoms with Crippen molar-refractivity contribution < 1.29 is 4.79 Å². The van der Waals surface area contributed by atoms with Crippen LogP contribution in [0.5, 0.6) is 0 Å². The molecule has 0 heterocycles. The third-order valence-corrected chi connectivity index (χ3v) is 4.52. The summed E-state index contributed by atoms with van der Waals surface area (Å²) < 4.78 is 0.848. The third-order valence-electron chi connectivity index (χ3n) is 3.70. The van der Waals surface area contributed by atoms with E-state index in [2.05, 4.69) is 21.2 Å². The van der Waals surface area contributed by atoms with Gasteiger partial charge in [-0.2, -0.15) is 0 Å². The molecule has 0 radical (unpaired) electrons. The van der Waals surface area contributed by atoms with Gasteiger partial charge in [0.05, 0.1) is 10.6 Å². The number of nitrogens with two attached hydrogens (primary N) is 1. The minimum atomic E-state index is -0.114. The first-order chi connectivity index (χ1) is 9.11. The Balaban J connectivity index is 2.09. The molecular weight excluding hydrogens is 328 g/mol. The van der Waals surface area contributed by atoms with Gasteiger partial charge in [0.15, 0.2) is 0 Å². The van der Waals surface area contributed by atoms with E-state index in [9.17, 15) is 4.79 Å². The molecule has 0 saturated heterocycles. The largest absolute Gasteiger partial charge is 0.349 e. The summed E-state index contributed by atoms with van der Waals surface area (Å²) in [7, 11) is 0. The van der Waals surface area contributed by atoms with Gasteiger partial charge in [0.1, 0.15) is 0 Å². The Labute approximate surface area is 127 Å². The summed E-state index contributed by atoms with van der Waals surface area (Å²) in [5, 5.41) is 3.55. The summed E-state index contributed by atoms with van der Waals surface area (Å²) in [6, 6.07) is 5.46. The average molecular weight is 346 g/mol. The molecule has 1 aliphatic carbocycles. The Morgan fingerprint density at radius 2 is 2.16 bits per heavy atom. The zero-order chi connectivity index (χ0) is 13.8. The molecule has 2 atom stereocenters. The lowest BCUT2D eigenvalue weighted by atomic mass is 9.84. The molecule has 3 nitrogen and oxygen atoms in total. The van der Waals surface area contributed by atoms with Gasteiger partial charge in [-0.1, -0.05) is 40.4 Å². The van der Waals surface area contributed by atoms with Crippen molar-refractivity contribution in [2.45, 2.75) is 31.7 Å². The van der Waals surface area contributed by atoms with Crippen LogP contribution in [0, 0.1) is 5.92 Å². The molecule has 1 fully saturated rings. The summed E-state index contributed by atoms with van der Waals surface area (Å²) in [5.74, 6) is 0.264. The molecule has 1 aliphatic rings. The third kappa shape index (κ3) is 3.71. The number of benzene rings is 1. The van der Waals surface area contributed by atoms with Gasteiger partial charge in [-0.25, -0.2) is 0 Å². The molecule has 1 aromatic rings. The molecule has 3 N–H and O–H groups in total. The van der Waals surface area contributed by atoms with Crippen LogP contribution in [0.25, 0.3) is 0 Å². The summed E-state index contributed by atoms with van der Waals surface area (Å²) >= 11 is 9.43. The molecule has 1 saturated carbocycles. The Bertz CT molecular complexity index is 467. The van der Waals surface area contributed by atoms with Crippen molar-refractivity contribution in [1.82, 2.24) is 5.32 Å². The highest BCUT2D eigenvalue weighted by Gasteiger charge is 2.26. The molecule has 5 heteroatoms. The van der Waals surface area contributed by atoms with Gasteiger partial charge < -0.3 is 11.1 Å². The zero-order valence-electron chi connectivity index (χ0n) is 10.7. The van der Waals surface area contributed by atoms with Crippen LogP contribution >= 0.6 is 27.5 Å². The maximum Gasteiger partial charge on any atom is 0.253 e. The van der Waals surface area contributed by atoms with Crippen LogP contribution < -0.4 is 11.1 Å². The fraction of sp³-hybridized carbons (Fsp3) is 0.500. The van der Waals surface area contributed by atoms with E-state index in [1.54, 1.807) is 12.1 Å². The van der Waals surface area contributed by atoms with Crippen LogP contribution in [0.1, 0.15) is 36.0 Å². The molecule has 2 rings (SSSR count). The number of amides is 1. The lowest BCUT2D eigenvalue weighted by Crippen LogP contribution is -2.44. The highest BCUT2D eigenvalue weighted by Crippen LogP contribution is 2.25. The minimum Gasteiger partial charge on any atom is -0.349 e. The summed E-state index contributed by atoms with van der Waals surface area (Å²) in [5.41, 5.74) is 6.29. The molecule has 2 unspecified atom stereocenters. The van der Waals surface area contributed by atoms with E-state index in [4.69, 9.17) is 17.3 Å². The lowest BCUT2D eigenvalue weighted by Gasteiger charge is -2.31. The number of rotatable bonds is 3. The molecule has 0 aromatic heterocycles. The molecule has 0 spiro atoms. The van der Waals surface area contributed by atoms with Crippen molar-refractivity contribution in [3.8, 4) is 0 Å². The monoisotopic (exact) mass is 344 g/mol. The second-order valence-electron chi connectivity index (χ2n) is 4.98. The van der Waals surface area contributed by atoms with E-state index in [1.165, 1.54) is 6.42 Å². The number of hydrogen-bond acceptors (Lipinski definition) is 2. The number of carbonyl (C=O) groups is 1. The van der Waals surface area contributed by atoms with E-state index in [0.29, 0.717) is 23.0 Å². The van der Waals surface area contributed by atoms with Crippen molar-refractivity contribution in [3.05, 3.63) is 33.3 Å². The Hall–Kier alpha value is -0.580. The van der Waals surface area contributed by atoms with Crippen molar-refractivity contribution >= 4 is 33.4 Å². The van der Waals surface area contributed by atoms with Crippen LogP contribution in [-0.4, -0.2) is 18.5 Å². The first-order valence-corrected chi connectivity index (χ1v) is 7.75. The second-order valence-corrected chi connectivity index (χ2v) is 6.31. The van der Waals surface area contributed by atoms with E-state index in [1.807, 2.05) is 6.07 Å². The number of hydrogen-bond donors (Lipinski definition) is 2. The standard InChI is InChI=1S/C14H18BrClN2O/c15-10-5-6-12(16)11(7-10)14(19)18-13-4-2-1-3-9(13)8-17/h5-7,9,13H,1-4,8,17H2,(H,18,19). The molecule has 0 aliphatic heterocycles. The van der Waals surface area contributed by atoms with E-state index in [-0.39, 0.29) is 11.9 Å². The molecule has 104 valence electrons. The number of halogens is 2. The fourth-order valence-corrected chi connectivity index (χ4v) is 3.16. The van der Waals surface area contributed by atoms with Crippen molar-refractivity contribution in [2.75, 3.05) is 6.54 Å². The maximum atomic E-state index is 12.3. The highest BCUT2D eigenvalue weighted by atomic mass is 79.9. The quantitative estimate of drug-likeness (QED) is 0.882. The van der Waals surface area contributed by atoms with Gasteiger partial charge >= 0.3 is 0 Å². The van der Waals surface area contributed by atoms with Gasteiger partial charge in [-0.15, -0.1) is 0 Å². The maximum absolute atomic E-state index is 12.3. The van der Waals surface area contributed by atoms with Gasteiger partial charge in [0.25, 0.3) is 5.91 Å². The van der Waals surface area contributed by atoms with Crippen LogP contribution in [0.3, 0.4) is 0 Å². The Kier molecular flexibility index (Phi) is 5.25. The van der Waals surface area contributed by atoms with Gasteiger partial charge in [-0.3, -0.25) is 4.79 Å². The van der Waals surface area contributed by atoms with Crippen LogP contribution in [0.2, 0.25) is 5.02 Å². The zero-order valence-corrected chi connectivity index (χ0v) is 13.0. The first-order valence-electron chi connectivity index (χ1n) is 6.58. The van der Waals surface area contributed by atoms with Crippen LogP contribution in [0.4, 0.5) is 0 Å². The molecule has 1 amide bonds. The second kappa shape index (κ2) is 6.73.